The van der Waals surface area contributed by atoms with Crippen LogP contribution in [0.1, 0.15) is 66.7 Å². The summed E-state index contributed by atoms with van der Waals surface area (Å²) in [6, 6.07) is 17.8. The first-order valence-corrected chi connectivity index (χ1v) is 9.12. The van der Waals surface area contributed by atoms with Gasteiger partial charge < -0.3 is 4.79 Å². The Balaban J connectivity index is 1.59. The van der Waals surface area contributed by atoms with Crippen molar-refractivity contribution in [2.24, 2.45) is 5.92 Å². The van der Waals surface area contributed by atoms with Crippen molar-refractivity contribution >= 4 is 17.9 Å². The molecule has 0 radical (unpaired) electrons. The summed E-state index contributed by atoms with van der Waals surface area (Å²) in [5.74, 6) is 1.36. The van der Waals surface area contributed by atoms with Gasteiger partial charge in [-0.05, 0) is 59.4 Å². The van der Waals surface area contributed by atoms with E-state index in [9.17, 15) is 4.79 Å². The van der Waals surface area contributed by atoms with E-state index in [4.69, 9.17) is 0 Å². The standard InChI is InChI=1S/C23H24O/c1-16-22-8-3-2-5-21(22)14-23(16)20-7-4-6-19(13-20)18-11-9-17(15-24)10-12-18/h2-8,13-18H,9-12H2,1H3. The Morgan fingerprint density at radius 1 is 0.958 bits per heavy atom. The largest absolute Gasteiger partial charge is 0.303 e. The molecule has 2 aliphatic rings. The summed E-state index contributed by atoms with van der Waals surface area (Å²) < 4.78 is 0. The molecule has 2 aromatic rings. The summed E-state index contributed by atoms with van der Waals surface area (Å²) in [4.78, 5) is 11.0. The van der Waals surface area contributed by atoms with Crippen LogP contribution in [0.25, 0.3) is 11.6 Å². The van der Waals surface area contributed by atoms with Crippen LogP contribution < -0.4 is 0 Å². The van der Waals surface area contributed by atoms with Gasteiger partial charge in [0.25, 0.3) is 0 Å². The normalized spacial score (nSPS) is 25.9. The zero-order chi connectivity index (χ0) is 16.5. The Labute approximate surface area is 144 Å². The highest BCUT2D eigenvalue weighted by atomic mass is 16.1. The lowest BCUT2D eigenvalue weighted by Crippen LogP contribution is -2.14. The van der Waals surface area contributed by atoms with E-state index in [2.05, 4.69) is 61.5 Å². The van der Waals surface area contributed by atoms with E-state index in [0.717, 1.165) is 32.0 Å². The Morgan fingerprint density at radius 3 is 2.50 bits per heavy atom. The maximum atomic E-state index is 11.0. The van der Waals surface area contributed by atoms with Crippen molar-refractivity contribution in [1.29, 1.82) is 0 Å². The van der Waals surface area contributed by atoms with Gasteiger partial charge in [0.05, 0.1) is 0 Å². The summed E-state index contributed by atoms with van der Waals surface area (Å²) in [7, 11) is 0. The van der Waals surface area contributed by atoms with E-state index in [0.29, 0.717) is 11.8 Å². The third-order valence-corrected chi connectivity index (χ3v) is 5.90. The van der Waals surface area contributed by atoms with Gasteiger partial charge in [0, 0.05) is 11.8 Å². The molecule has 0 aromatic heterocycles. The van der Waals surface area contributed by atoms with E-state index in [1.165, 1.54) is 27.8 Å². The Kier molecular flexibility index (Phi) is 4.10. The van der Waals surface area contributed by atoms with E-state index >= 15 is 0 Å². The van der Waals surface area contributed by atoms with Gasteiger partial charge in [-0.2, -0.15) is 0 Å². The second-order valence-electron chi connectivity index (χ2n) is 7.32. The highest BCUT2D eigenvalue weighted by Crippen LogP contribution is 2.42. The maximum Gasteiger partial charge on any atom is 0.123 e. The van der Waals surface area contributed by atoms with Gasteiger partial charge in [0.1, 0.15) is 6.29 Å². The van der Waals surface area contributed by atoms with Crippen molar-refractivity contribution in [3.05, 3.63) is 70.8 Å². The number of allylic oxidation sites excluding steroid dienone is 1. The summed E-state index contributed by atoms with van der Waals surface area (Å²) in [5, 5.41) is 0. The fourth-order valence-electron chi connectivity index (χ4n) is 4.39. The molecule has 1 fully saturated rings. The quantitative estimate of drug-likeness (QED) is 0.652. The van der Waals surface area contributed by atoms with Crippen LogP contribution in [0, 0.1) is 5.92 Å². The molecule has 2 aliphatic carbocycles. The fourth-order valence-corrected chi connectivity index (χ4v) is 4.39. The number of hydrogen-bond donors (Lipinski definition) is 0. The molecule has 1 saturated carbocycles. The van der Waals surface area contributed by atoms with Gasteiger partial charge in [-0.15, -0.1) is 0 Å². The topological polar surface area (TPSA) is 17.1 Å². The third kappa shape index (κ3) is 2.73. The molecule has 24 heavy (non-hydrogen) atoms. The first kappa shape index (κ1) is 15.4. The monoisotopic (exact) mass is 316 g/mol. The summed E-state index contributed by atoms with van der Waals surface area (Å²) in [6.45, 7) is 2.31. The predicted octanol–water partition coefficient (Wildman–Crippen LogP) is 5.82. The van der Waals surface area contributed by atoms with Gasteiger partial charge in [-0.1, -0.05) is 61.5 Å². The van der Waals surface area contributed by atoms with Crippen molar-refractivity contribution < 1.29 is 4.79 Å². The SMILES string of the molecule is CC1C(c2cccc(C3CCC(C=O)CC3)c2)=Cc2ccccc21. The minimum Gasteiger partial charge on any atom is -0.303 e. The van der Waals surface area contributed by atoms with Crippen molar-refractivity contribution in [3.63, 3.8) is 0 Å². The smallest absolute Gasteiger partial charge is 0.123 e. The van der Waals surface area contributed by atoms with Crippen molar-refractivity contribution in [2.75, 3.05) is 0 Å². The maximum absolute atomic E-state index is 11.0. The Morgan fingerprint density at radius 2 is 1.75 bits per heavy atom. The highest BCUT2D eigenvalue weighted by molar-refractivity contribution is 5.91. The average molecular weight is 316 g/mol. The van der Waals surface area contributed by atoms with Crippen molar-refractivity contribution in [1.82, 2.24) is 0 Å². The number of fused-ring (bicyclic) bond motifs is 1. The minimum absolute atomic E-state index is 0.288. The second kappa shape index (κ2) is 6.39. The van der Waals surface area contributed by atoms with Crippen LogP contribution in [0.15, 0.2) is 48.5 Å². The number of benzene rings is 2. The van der Waals surface area contributed by atoms with Crippen LogP contribution in [-0.4, -0.2) is 6.29 Å². The molecule has 1 unspecified atom stereocenters. The van der Waals surface area contributed by atoms with E-state index in [1.54, 1.807) is 0 Å². The second-order valence-corrected chi connectivity index (χ2v) is 7.32. The number of aldehydes is 1. The lowest BCUT2D eigenvalue weighted by molar-refractivity contribution is -0.111. The molecule has 0 heterocycles. The van der Waals surface area contributed by atoms with Crippen molar-refractivity contribution in [3.8, 4) is 0 Å². The van der Waals surface area contributed by atoms with Crippen LogP contribution in [0.5, 0.6) is 0 Å². The average Bonchev–Trinajstić information content (AvgIpc) is 2.99. The molecule has 122 valence electrons. The summed E-state index contributed by atoms with van der Waals surface area (Å²) in [6.07, 6.45) is 7.87. The lowest BCUT2D eigenvalue weighted by atomic mass is 9.78. The molecule has 2 aromatic carbocycles. The molecule has 1 nitrogen and oxygen atoms in total. The van der Waals surface area contributed by atoms with Crippen LogP contribution in [-0.2, 0) is 4.79 Å². The first-order chi connectivity index (χ1) is 11.8. The zero-order valence-electron chi connectivity index (χ0n) is 14.2. The number of carbonyl (C=O) groups is 1. The van der Waals surface area contributed by atoms with Gasteiger partial charge in [-0.25, -0.2) is 0 Å². The van der Waals surface area contributed by atoms with E-state index in [1.807, 2.05) is 0 Å². The van der Waals surface area contributed by atoms with Crippen LogP contribution in [0.4, 0.5) is 0 Å². The molecule has 4 rings (SSSR count). The summed E-state index contributed by atoms with van der Waals surface area (Å²) in [5.41, 5.74) is 7.02. The van der Waals surface area contributed by atoms with Crippen LogP contribution in [0.2, 0.25) is 0 Å². The summed E-state index contributed by atoms with van der Waals surface area (Å²) >= 11 is 0. The van der Waals surface area contributed by atoms with Crippen LogP contribution in [0.3, 0.4) is 0 Å². The molecule has 0 amide bonds. The molecule has 1 heteroatoms. The third-order valence-electron chi connectivity index (χ3n) is 5.90. The molecule has 0 spiro atoms. The molecule has 0 N–H and O–H groups in total. The van der Waals surface area contributed by atoms with Crippen LogP contribution >= 0.6 is 0 Å². The van der Waals surface area contributed by atoms with Gasteiger partial charge >= 0.3 is 0 Å². The Bertz CT molecular complexity index is 778. The zero-order valence-corrected chi connectivity index (χ0v) is 14.2. The minimum atomic E-state index is 0.288. The van der Waals surface area contributed by atoms with Crippen molar-refractivity contribution in [2.45, 2.75) is 44.4 Å². The van der Waals surface area contributed by atoms with Gasteiger partial charge in [0.15, 0.2) is 0 Å². The predicted molar refractivity (Wildman–Crippen MR) is 99.9 cm³/mol. The van der Waals surface area contributed by atoms with E-state index in [-0.39, 0.29) is 5.92 Å². The van der Waals surface area contributed by atoms with Gasteiger partial charge in [-0.3, -0.25) is 0 Å². The van der Waals surface area contributed by atoms with E-state index < -0.39 is 0 Å². The number of carbonyl (C=O) groups excluding carboxylic acids is 1. The van der Waals surface area contributed by atoms with Gasteiger partial charge in [0.2, 0.25) is 0 Å². The fraction of sp³-hybridized carbons (Fsp3) is 0.348. The lowest BCUT2D eigenvalue weighted by Gasteiger charge is -2.26. The number of hydrogen-bond acceptors (Lipinski definition) is 1. The molecule has 0 aliphatic heterocycles. The Hall–Kier alpha value is -2.15. The highest BCUT2D eigenvalue weighted by Gasteiger charge is 2.24. The molecular formula is C23H24O. The molecular weight excluding hydrogens is 292 g/mol. The first-order valence-electron chi connectivity index (χ1n) is 9.12. The molecule has 1 atom stereocenters. The molecule has 0 saturated heterocycles. The molecule has 0 bridgehead atoms. The number of rotatable bonds is 3.